The summed E-state index contributed by atoms with van der Waals surface area (Å²) in [6, 6.07) is 14.5. The van der Waals surface area contributed by atoms with Gasteiger partial charge in [0.25, 0.3) is 0 Å². The zero-order valence-corrected chi connectivity index (χ0v) is 17.0. The van der Waals surface area contributed by atoms with Gasteiger partial charge in [-0.05, 0) is 41.5 Å². The van der Waals surface area contributed by atoms with Crippen LogP contribution in [0.4, 0.5) is 4.39 Å². The van der Waals surface area contributed by atoms with Crippen LogP contribution < -0.4 is 10.5 Å². The second-order valence-electron chi connectivity index (χ2n) is 7.29. The van der Waals surface area contributed by atoms with Crippen LogP contribution in [0.5, 0.6) is 5.75 Å². The van der Waals surface area contributed by atoms with Gasteiger partial charge in [-0.2, -0.15) is 0 Å². The SMILES string of the molecule is Cn1ccc2c(-c3ccnc(CN)c3F)cc(COc3ccccc3CC(=O)O)cc21. The highest BCUT2D eigenvalue weighted by Crippen LogP contribution is 2.33. The van der Waals surface area contributed by atoms with Gasteiger partial charge in [0.1, 0.15) is 12.4 Å². The molecule has 2 heterocycles. The largest absolute Gasteiger partial charge is 0.489 e. The number of halogens is 1. The van der Waals surface area contributed by atoms with Gasteiger partial charge in [-0.15, -0.1) is 0 Å². The Morgan fingerprint density at radius 1 is 1.19 bits per heavy atom. The fourth-order valence-electron chi connectivity index (χ4n) is 3.69. The van der Waals surface area contributed by atoms with E-state index in [0.29, 0.717) is 16.9 Å². The van der Waals surface area contributed by atoms with Crippen molar-refractivity contribution in [1.29, 1.82) is 0 Å². The summed E-state index contributed by atoms with van der Waals surface area (Å²) in [5, 5.41) is 10.0. The number of pyridine rings is 1. The molecule has 7 heteroatoms. The standard InChI is InChI=1S/C24H22FN3O3/c1-28-9-7-17-19(18-6-8-27-20(13-26)24(18)25)10-15(11-21(17)28)14-31-22-5-3-2-4-16(22)12-23(29)30/h2-11H,12-14,26H2,1H3,(H,29,30). The van der Waals surface area contributed by atoms with E-state index in [2.05, 4.69) is 4.98 Å². The lowest BCUT2D eigenvalue weighted by Gasteiger charge is -2.14. The molecule has 3 N–H and O–H groups in total. The Morgan fingerprint density at radius 3 is 2.77 bits per heavy atom. The molecule has 0 fully saturated rings. The number of aromatic nitrogens is 2. The van der Waals surface area contributed by atoms with Gasteiger partial charge in [-0.3, -0.25) is 9.78 Å². The van der Waals surface area contributed by atoms with Crippen molar-refractivity contribution in [2.24, 2.45) is 12.8 Å². The van der Waals surface area contributed by atoms with Gasteiger partial charge < -0.3 is 20.1 Å². The van der Waals surface area contributed by atoms with Gasteiger partial charge in [0, 0.05) is 48.0 Å². The molecule has 0 unspecified atom stereocenters. The summed E-state index contributed by atoms with van der Waals surface area (Å²) >= 11 is 0. The Balaban J connectivity index is 1.74. The van der Waals surface area contributed by atoms with E-state index in [4.69, 9.17) is 15.6 Å². The minimum absolute atomic E-state index is 0.0147. The number of aryl methyl sites for hydroxylation is 1. The third-order valence-electron chi connectivity index (χ3n) is 5.22. The number of carbonyl (C=O) groups is 1. The van der Waals surface area contributed by atoms with E-state index < -0.39 is 11.8 Å². The highest BCUT2D eigenvalue weighted by Gasteiger charge is 2.16. The molecule has 0 amide bonds. The Morgan fingerprint density at radius 2 is 2.00 bits per heavy atom. The highest BCUT2D eigenvalue weighted by molar-refractivity contribution is 5.96. The first-order valence-corrected chi connectivity index (χ1v) is 9.82. The van der Waals surface area contributed by atoms with Gasteiger partial charge in [0.05, 0.1) is 12.1 Å². The maximum absolute atomic E-state index is 15.0. The topological polar surface area (TPSA) is 90.4 Å². The summed E-state index contributed by atoms with van der Waals surface area (Å²) in [5.74, 6) is -0.841. The summed E-state index contributed by atoms with van der Waals surface area (Å²) < 4.78 is 22.9. The third-order valence-corrected chi connectivity index (χ3v) is 5.22. The Bertz CT molecular complexity index is 1270. The molecule has 0 atom stereocenters. The summed E-state index contributed by atoms with van der Waals surface area (Å²) in [6.45, 7) is 0.224. The molecule has 2 aromatic carbocycles. The lowest BCUT2D eigenvalue weighted by atomic mass is 9.98. The van der Waals surface area contributed by atoms with Crippen LogP contribution in [0, 0.1) is 5.82 Å². The number of carboxylic acids is 1. The van der Waals surface area contributed by atoms with E-state index in [1.807, 2.05) is 36.0 Å². The molecule has 0 radical (unpaired) electrons. The molecule has 0 aliphatic carbocycles. The van der Waals surface area contributed by atoms with Crippen molar-refractivity contribution in [2.45, 2.75) is 19.6 Å². The second kappa shape index (κ2) is 8.57. The van der Waals surface area contributed by atoms with Crippen molar-refractivity contribution in [2.75, 3.05) is 0 Å². The molecule has 0 aliphatic heterocycles. The first-order valence-electron chi connectivity index (χ1n) is 9.82. The Hall–Kier alpha value is -3.71. The molecule has 158 valence electrons. The highest BCUT2D eigenvalue weighted by atomic mass is 19.1. The number of fused-ring (bicyclic) bond motifs is 1. The van der Waals surface area contributed by atoms with E-state index in [-0.39, 0.29) is 25.3 Å². The van der Waals surface area contributed by atoms with Crippen LogP contribution in [0.3, 0.4) is 0 Å². The van der Waals surface area contributed by atoms with Crippen LogP contribution in [0.2, 0.25) is 0 Å². The average Bonchev–Trinajstić information content (AvgIpc) is 3.13. The van der Waals surface area contributed by atoms with Crippen LogP contribution >= 0.6 is 0 Å². The minimum Gasteiger partial charge on any atom is -0.489 e. The predicted molar refractivity (Wildman–Crippen MR) is 116 cm³/mol. The molecule has 2 aromatic heterocycles. The van der Waals surface area contributed by atoms with E-state index in [1.165, 1.54) is 0 Å². The smallest absolute Gasteiger partial charge is 0.307 e. The zero-order chi connectivity index (χ0) is 22.0. The quantitative estimate of drug-likeness (QED) is 0.472. The third kappa shape index (κ3) is 4.13. The number of para-hydroxylation sites is 1. The van der Waals surface area contributed by atoms with Crippen molar-refractivity contribution in [1.82, 2.24) is 9.55 Å². The molecule has 0 aliphatic rings. The first kappa shape index (κ1) is 20.6. The number of hydrogen-bond acceptors (Lipinski definition) is 4. The Labute approximate surface area is 178 Å². The van der Waals surface area contributed by atoms with Crippen LogP contribution in [0.25, 0.3) is 22.0 Å². The fraction of sp³-hybridized carbons (Fsp3) is 0.167. The maximum atomic E-state index is 15.0. The van der Waals surface area contributed by atoms with Crippen molar-refractivity contribution in [3.05, 3.63) is 83.6 Å². The number of nitrogens with zero attached hydrogens (tertiary/aromatic N) is 2. The van der Waals surface area contributed by atoms with Gasteiger partial charge in [0.2, 0.25) is 0 Å². The van der Waals surface area contributed by atoms with Gasteiger partial charge >= 0.3 is 5.97 Å². The van der Waals surface area contributed by atoms with Crippen LogP contribution in [0.1, 0.15) is 16.8 Å². The number of ether oxygens (including phenoxy) is 1. The molecule has 31 heavy (non-hydrogen) atoms. The van der Waals surface area contributed by atoms with Crippen molar-refractivity contribution in [3.63, 3.8) is 0 Å². The minimum atomic E-state index is -0.924. The number of aliphatic carboxylic acids is 1. The van der Waals surface area contributed by atoms with E-state index in [1.54, 1.807) is 36.5 Å². The van der Waals surface area contributed by atoms with Crippen LogP contribution in [0.15, 0.2) is 60.9 Å². The number of nitrogens with two attached hydrogens (primary N) is 1. The summed E-state index contributed by atoms with van der Waals surface area (Å²) in [6.07, 6.45) is 3.35. The maximum Gasteiger partial charge on any atom is 0.307 e. The van der Waals surface area contributed by atoms with E-state index in [0.717, 1.165) is 22.0 Å². The molecular weight excluding hydrogens is 397 g/mol. The van der Waals surface area contributed by atoms with Gasteiger partial charge in [0.15, 0.2) is 5.82 Å². The number of benzene rings is 2. The molecule has 0 bridgehead atoms. The summed E-state index contributed by atoms with van der Waals surface area (Å²) in [7, 11) is 1.92. The number of rotatable bonds is 7. The van der Waals surface area contributed by atoms with Gasteiger partial charge in [-0.25, -0.2) is 4.39 Å². The molecule has 0 saturated heterocycles. The molecule has 0 saturated carbocycles. The normalized spacial score (nSPS) is 11.1. The monoisotopic (exact) mass is 419 g/mol. The second-order valence-corrected chi connectivity index (χ2v) is 7.29. The molecular formula is C24H22FN3O3. The lowest BCUT2D eigenvalue weighted by Crippen LogP contribution is -2.05. The first-order chi connectivity index (χ1) is 15.0. The van der Waals surface area contributed by atoms with Crippen LogP contribution in [-0.4, -0.2) is 20.6 Å². The lowest BCUT2D eigenvalue weighted by molar-refractivity contribution is -0.136. The number of carboxylic acid groups (broad SMARTS) is 1. The molecule has 0 spiro atoms. The fourth-order valence-corrected chi connectivity index (χ4v) is 3.69. The number of hydrogen-bond donors (Lipinski definition) is 2. The van der Waals surface area contributed by atoms with Gasteiger partial charge in [-0.1, -0.05) is 18.2 Å². The zero-order valence-electron chi connectivity index (χ0n) is 17.0. The van der Waals surface area contributed by atoms with E-state index >= 15 is 4.39 Å². The predicted octanol–water partition coefficient (Wildman–Crippen LogP) is 4.04. The van der Waals surface area contributed by atoms with Crippen molar-refractivity contribution < 1.29 is 19.0 Å². The van der Waals surface area contributed by atoms with Crippen molar-refractivity contribution in [3.8, 4) is 16.9 Å². The molecule has 6 nitrogen and oxygen atoms in total. The molecule has 4 aromatic rings. The Kier molecular flexibility index (Phi) is 5.68. The summed E-state index contributed by atoms with van der Waals surface area (Å²) in [4.78, 5) is 15.1. The average molecular weight is 419 g/mol. The summed E-state index contributed by atoms with van der Waals surface area (Å²) in [5.41, 5.74) is 9.37. The van der Waals surface area contributed by atoms with Crippen LogP contribution in [-0.2, 0) is 31.4 Å². The van der Waals surface area contributed by atoms with E-state index in [9.17, 15) is 4.79 Å². The molecule has 4 rings (SSSR count). The van der Waals surface area contributed by atoms with Crippen molar-refractivity contribution >= 4 is 16.9 Å².